The van der Waals surface area contributed by atoms with Crippen LogP contribution in [0.15, 0.2) is 0 Å². The number of primary amides is 1. The van der Waals surface area contributed by atoms with Gasteiger partial charge in [0.15, 0.2) is 1.41 Å². The van der Waals surface area contributed by atoms with Crippen molar-refractivity contribution in [3.8, 4) is 0 Å². The van der Waals surface area contributed by atoms with Crippen LogP contribution in [0, 0.1) is 0 Å². The minimum Gasteiger partial charge on any atom is -0.370 e. The average molecular weight is 91.1 g/mol. The summed E-state index contributed by atoms with van der Waals surface area (Å²) in [5, 5.41) is 0. The van der Waals surface area contributed by atoms with E-state index in [0.717, 1.165) is 0 Å². The zero-order valence-corrected chi connectivity index (χ0v) is 3.12. The molecule has 6 heavy (non-hydrogen) atoms. The molecule has 0 spiro atoms. The van der Waals surface area contributed by atoms with Crippen LogP contribution in [0.25, 0.3) is 0 Å². The molecule has 0 aromatic rings. The summed E-state index contributed by atoms with van der Waals surface area (Å²) < 4.78 is 6.21. The Labute approximate surface area is 39.8 Å². The van der Waals surface area contributed by atoms with Crippen molar-refractivity contribution in [2.24, 2.45) is 5.73 Å². The second-order valence-electron chi connectivity index (χ2n) is 0.777. The first kappa shape index (κ1) is 5.47. The number of rotatable bonds is 1. The van der Waals surface area contributed by atoms with Crippen LogP contribution in [-0.2, 0) is 4.79 Å². The molecule has 0 atom stereocenters. The van der Waals surface area contributed by atoms with Crippen molar-refractivity contribution in [2.75, 3.05) is 0 Å². The Balaban J connectivity index is 0. The summed E-state index contributed by atoms with van der Waals surface area (Å²) in [5.74, 6) is -0.241. The van der Waals surface area contributed by atoms with E-state index in [9.17, 15) is 4.79 Å². The van der Waals surface area contributed by atoms with Gasteiger partial charge >= 0.3 is 0 Å². The fraction of sp³-hybridized carbons (Fsp3) is 0.750. The largest absolute Gasteiger partial charge is 0.370 e. The lowest BCUT2D eigenvalue weighted by atomic mass is 10.5. The standard InChI is InChI=1S/C3H7NO.CH4/c1-2-3(4)5;/h2H2,1H3,(H2,4,5);1H4/i/hT. The SMILES string of the molecule is C.[3H]NC(=O)CC. The highest BCUT2D eigenvalue weighted by Gasteiger charge is 1.77. The van der Waals surface area contributed by atoms with Gasteiger partial charge < -0.3 is 5.73 Å². The molecule has 38 valence electrons. The highest BCUT2D eigenvalue weighted by molar-refractivity contribution is 5.73. The van der Waals surface area contributed by atoms with Crippen LogP contribution in [-0.4, -0.2) is 5.91 Å². The van der Waals surface area contributed by atoms with Gasteiger partial charge in [0.25, 0.3) is 0 Å². The molecular formula is C4H11NO. The van der Waals surface area contributed by atoms with Crippen molar-refractivity contribution in [1.82, 2.24) is 0 Å². The summed E-state index contributed by atoms with van der Waals surface area (Å²) in [7, 11) is 0. The van der Waals surface area contributed by atoms with Gasteiger partial charge in [0.1, 0.15) is 0 Å². The normalized spacial score (nSPS) is 7.83. The molecule has 0 aromatic heterocycles. The molecule has 0 heterocycles. The number of hydrogen-bond acceptors (Lipinski definition) is 1. The van der Waals surface area contributed by atoms with Crippen LogP contribution < -0.4 is 5.73 Å². The van der Waals surface area contributed by atoms with Crippen molar-refractivity contribution in [3.05, 3.63) is 0 Å². The zero-order chi connectivity index (χ0) is 4.99. The summed E-state index contributed by atoms with van der Waals surface area (Å²) in [6, 6.07) is 0. The third-order valence-corrected chi connectivity index (χ3v) is 0.321. The zero-order valence-electron chi connectivity index (χ0n) is 4.12. The second kappa shape index (κ2) is 4.47. The van der Waals surface area contributed by atoms with Crippen LogP contribution in [0.3, 0.4) is 0 Å². The van der Waals surface area contributed by atoms with E-state index in [1.54, 1.807) is 12.7 Å². The maximum atomic E-state index is 9.88. The smallest absolute Gasteiger partial charge is 0.217 e. The van der Waals surface area contributed by atoms with Crippen LogP contribution in [0.1, 0.15) is 20.8 Å². The van der Waals surface area contributed by atoms with Crippen molar-refractivity contribution < 1.29 is 6.21 Å². The Morgan fingerprint density at radius 1 is 2.17 bits per heavy atom. The van der Waals surface area contributed by atoms with Crippen molar-refractivity contribution >= 4 is 5.91 Å². The van der Waals surface area contributed by atoms with Crippen molar-refractivity contribution in [1.29, 1.82) is 0 Å². The molecule has 0 unspecified atom stereocenters. The van der Waals surface area contributed by atoms with Gasteiger partial charge in [0.05, 0.1) is 0 Å². The molecule has 0 saturated heterocycles. The molecule has 0 fully saturated rings. The first-order valence-electron chi connectivity index (χ1n) is 2.01. The fourth-order valence-corrected chi connectivity index (χ4v) is 0. The van der Waals surface area contributed by atoms with Gasteiger partial charge in [-0.3, -0.25) is 4.79 Å². The maximum Gasteiger partial charge on any atom is 0.217 e. The highest BCUT2D eigenvalue weighted by atomic mass is 16.1. The quantitative estimate of drug-likeness (QED) is 0.502. The minimum atomic E-state index is -0.241. The highest BCUT2D eigenvalue weighted by Crippen LogP contribution is 1.63. The van der Waals surface area contributed by atoms with E-state index < -0.39 is 0 Å². The van der Waals surface area contributed by atoms with E-state index in [1.165, 1.54) is 0 Å². The molecule has 2 N–H and O–H groups in total. The molecule has 2 nitrogen and oxygen atoms in total. The molecule has 0 rings (SSSR count). The number of hydrogen-bond donors (Lipinski definition) is 1. The lowest BCUT2D eigenvalue weighted by Crippen LogP contribution is -2.06. The summed E-state index contributed by atoms with van der Waals surface area (Å²) in [4.78, 5) is 9.88. The Morgan fingerprint density at radius 2 is 2.67 bits per heavy atom. The summed E-state index contributed by atoms with van der Waals surface area (Å²) in [5.41, 5.74) is 1.73. The third-order valence-electron chi connectivity index (χ3n) is 0.321. The summed E-state index contributed by atoms with van der Waals surface area (Å²) in [6.07, 6.45) is 0.392. The van der Waals surface area contributed by atoms with E-state index in [1.807, 2.05) is 0 Å². The Bertz CT molecular complexity index is 49.7. The first-order chi connectivity index (χ1) is 2.81. The van der Waals surface area contributed by atoms with E-state index in [-0.39, 0.29) is 13.3 Å². The van der Waals surface area contributed by atoms with Gasteiger partial charge in [0, 0.05) is 6.42 Å². The Kier molecular flexibility index (Phi) is 4.08. The van der Waals surface area contributed by atoms with Crippen molar-refractivity contribution in [2.45, 2.75) is 20.8 Å². The number of nitrogens with two attached hydrogens (primary N) is 1. The predicted octanol–water partition coefficient (Wildman–Crippen LogP) is 0.518. The number of carbonyl (C=O) groups is 1. The molecule has 0 saturated carbocycles. The van der Waals surface area contributed by atoms with Gasteiger partial charge in [0.2, 0.25) is 5.91 Å². The molecular weight excluding hydrogens is 78.0 g/mol. The van der Waals surface area contributed by atoms with Crippen LogP contribution >= 0.6 is 0 Å². The first-order valence-corrected chi connectivity index (χ1v) is 1.51. The second-order valence-corrected chi connectivity index (χ2v) is 0.777. The van der Waals surface area contributed by atoms with E-state index >= 15 is 0 Å². The van der Waals surface area contributed by atoms with Crippen molar-refractivity contribution in [3.63, 3.8) is 0 Å². The fourth-order valence-electron chi connectivity index (χ4n) is 0. The molecule has 0 aliphatic heterocycles. The molecule has 0 aliphatic carbocycles. The number of amides is 1. The summed E-state index contributed by atoms with van der Waals surface area (Å²) in [6.45, 7) is 1.70. The Hall–Kier alpha value is -0.530. The molecule has 0 bridgehead atoms. The van der Waals surface area contributed by atoms with E-state index in [2.05, 4.69) is 0 Å². The van der Waals surface area contributed by atoms with Crippen LogP contribution in [0.5, 0.6) is 0 Å². The van der Waals surface area contributed by atoms with Gasteiger partial charge in [-0.25, -0.2) is 0 Å². The van der Waals surface area contributed by atoms with Gasteiger partial charge in [-0.2, -0.15) is 0 Å². The predicted molar refractivity (Wildman–Crippen MR) is 26.2 cm³/mol. The third kappa shape index (κ3) is 9.80. The lowest BCUT2D eigenvalue weighted by Gasteiger charge is -1.73. The molecule has 0 aliphatic rings. The van der Waals surface area contributed by atoms with Gasteiger partial charge in [-0.15, -0.1) is 0 Å². The Morgan fingerprint density at radius 3 is 2.67 bits per heavy atom. The summed E-state index contributed by atoms with van der Waals surface area (Å²) >= 11 is 0. The van der Waals surface area contributed by atoms with Crippen LogP contribution in [0.4, 0.5) is 0 Å². The number of carbonyl (C=O) groups excluding carboxylic acids is 1. The van der Waals surface area contributed by atoms with Gasteiger partial charge in [-0.1, -0.05) is 14.4 Å². The average Bonchev–Trinajstić information content (AvgIpc) is 1.65. The monoisotopic (exact) mass is 91.1 g/mol. The maximum absolute atomic E-state index is 9.88. The molecule has 0 radical (unpaired) electrons. The molecule has 0 aromatic carbocycles. The molecule has 2 heteroatoms. The van der Waals surface area contributed by atoms with Crippen LogP contribution in [0.2, 0.25) is 1.41 Å². The molecule has 1 amide bonds. The lowest BCUT2D eigenvalue weighted by molar-refractivity contribution is -0.117. The minimum absolute atomic E-state index is 0. The topological polar surface area (TPSA) is 43.1 Å². The van der Waals surface area contributed by atoms with E-state index in [4.69, 9.17) is 1.41 Å². The van der Waals surface area contributed by atoms with Gasteiger partial charge in [-0.05, 0) is 0 Å². The van der Waals surface area contributed by atoms with E-state index in [0.29, 0.717) is 6.42 Å².